The lowest BCUT2D eigenvalue weighted by molar-refractivity contribution is -0.121. The number of rotatable bonds is 9. The lowest BCUT2D eigenvalue weighted by Crippen LogP contribution is -2.32. The van der Waals surface area contributed by atoms with Gasteiger partial charge in [-0.2, -0.15) is 0 Å². The maximum absolute atomic E-state index is 11.2. The van der Waals surface area contributed by atoms with Crippen molar-refractivity contribution in [1.82, 2.24) is 10.6 Å². The van der Waals surface area contributed by atoms with Gasteiger partial charge in [-0.25, -0.2) is 0 Å². The molecule has 90 valence electrons. The van der Waals surface area contributed by atoms with E-state index in [1.54, 1.807) is 0 Å². The first-order valence-corrected chi connectivity index (χ1v) is 5.35. The minimum atomic E-state index is 0.0201. The molecule has 0 aliphatic carbocycles. The second-order valence-electron chi connectivity index (χ2n) is 3.54. The first kappa shape index (κ1) is 14.3. The Morgan fingerprint density at radius 1 is 1.33 bits per heavy atom. The molecule has 0 saturated carbocycles. The molecule has 0 aromatic rings. The van der Waals surface area contributed by atoms with Crippen LogP contribution in [0.4, 0.5) is 0 Å². The number of hydrogen-bond acceptors (Lipinski definition) is 4. The van der Waals surface area contributed by atoms with Crippen LogP contribution in [0.25, 0.3) is 0 Å². The Labute approximate surface area is 91.2 Å². The molecule has 0 radical (unpaired) electrons. The van der Waals surface area contributed by atoms with Crippen LogP contribution < -0.4 is 10.6 Å². The van der Waals surface area contributed by atoms with E-state index in [4.69, 9.17) is 9.84 Å². The van der Waals surface area contributed by atoms with E-state index in [9.17, 15) is 4.79 Å². The number of carbonyl (C=O) groups excluding carboxylic acids is 1. The van der Waals surface area contributed by atoms with Crippen LogP contribution in [0.2, 0.25) is 0 Å². The molecule has 3 N–H and O–H groups in total. The molecular formula is C10H22N2O3. The van der Waals surface area contributed by atoms with Crippen molar-refractivity contribution in [2.45, 2.75) is 26.3 Å². The van der Waals surface area contributed by atoms with Crippen molar-refractivity contribution in [2.24, 2.45) is 0 Å². The summed E-state index contributed by atoms with van der Waals surface area (Å²) in [5.41, 5.74) is 0. The van der Waals surface area contributed by atoms with Gasteiger partial charge in [0.25, 0.3) is 0 Å². The standard InChI is InChI=1S/C10H22N2O3/c1-9(2)11-4-3-10(14)12-5-7-15-8-6-13/h9,11,13H,3-8H2,1-2H3,(H,12,14). The number of nitrogens with one attached hydrogen (secondary N) is 2. The van der Waals surface area contributed by atoms with Crippen LogP contribution in [-0.2, 0) is 9.53 Å². The number of aliphatic hydroxyl groups is 1. The SMILES string of the molecule is CC(C)NCCC(=O)NCCOCCO. The molecule has 0 spiro atoms. The molecule has 0 aliphatic heterocycles. The van der Waals surface area contributed by atoms with Crippen molar-refractivity contribution in [3.63, 3.8) is 0 Å². The quantitative estimate of drug-likeness (QED) is 0.456. The van der Waals surface area contributed by atoms with Crippen molar-refractivity contribution in [2.75, 3.05) is 32.9 Å². The fourth-order valence-electron chi connectivity index (χ4n) is 0.992. The van der Waals surface area contributed by atoms with Gasteiger partial charge < -0.3 is 20.5 Å². The van der Waals surface area contributed by atoms with E-state index in [0.29, 0.717) is 38.8 Å². The number of amides is 1. The molecule has 5 nitrogen and oxygen atoms in total. The van der Waals surface area contributed by atoms with E-state index in [2.05, 4.69) is 10.6 Å². The molecule has 0 aromatic carbocycles. The zero-order valence-corrected chi connectivity index (χ0v) is 9.58. The van der Waals surface area contributed by atoms with Gasteiger partial charge in [-0.3, -0.25) is 4.79 Å². The van der Waals surface area contributed by atoms with Crippen molar-refractivity contribution >= 4 is 5.91 Å². The van der Waals surface area contributed by atoms with Crippen molar-refractivity contribution < 1.29 is 14.6 Å². The molecule has 0 aliphatic rings. The van der Waals surface area contributed by atoms with E-state index < -0.39 is 0 Å². The maximum atomic E-state index is 11.2. The first-order valence-electron chi connectivity index (χ1n) is 5.35. The molecule has 0 atom stereocenters. The van der Waals surface area contributed by atoms with E-state index >= 15 is 0 Å². The predicted octanol–water partition coefficient (Wildman–Crippen LogP) is -0.500. The average Bonchev–Trinajstić information content (AvgIpc) is 2.17. The smallest absolute Gasteiger partial charge is 0.221 e. The highest BCUT2D eigenvalue weighted by Crippen LogP contribution is 1.81. The van der Waals surface area contributed by atoms with Crippen molar-refractivity contribution in [3.8, 4) is 0 Å². The molecular weight excluding hydrogens is 196 g/mol. The fraction of sp³-hybridized carbons (Fsp3) is 0.900. The van der Waals surface area contributed by atoms with Gasteiger partial charge in [0, 0.05) is 25.6 Å². The number of aliphatic hydroxyl groups excluding tert-OH is 1. The third-order valence-electron chi connectivity index (χ3n) is 1.71. The summed E-state index contributed by atoms with van der Waals surface area (Å²) in [6.45, 7) is 6.07. The monoisotopic (exact) mass is 218 g/mol. The van der Waals surface area contributed by atoms with E-state index in [1.807, 2.05) is 13.8 Å². The van der Waals surface area contributed by atoms with Crippen molar-refractivity contribution in [3.05, 3.63) is 0 Å². The van der Waals surface area contributed by atoms with Gasteiger partial charge >= 0.3 is 0 Å². The zero-order valence-electron chi connectivity index (χ0n) is 9.58. The van der Waals surface area contributed by atoms with Gasteiger partial charge in [0.05, 0.1) is 19.8 Å². The normalized spacial score (nSPS) is 10.7. The highest BCUT2D eigenvalue weighted by Gasteiger charge is 2.00. The summed E-state index contributed by atoms with van der Waals surface area (Å²) in [6, 6.07) is 0.408. The Hall–Kier alpha value is -0.650. The fourth-order valence-corrected chi connectivity index (χ4v) is 0.992. The predicted molar refractivity (Wildman–Crippen MR) is 58.7 cm³/mol. The summed E-state index contributed by atoms with van der Waals surface area (Å²) in [5, 5.41) is 14.3. The molecule has 0 aromatic heterocycles. The minimum absolute atomic E-state index is 0.0201. The molecule has 0 bridgehead atoms. The molecule has 15 heavy (non-hydrogen) atoms. The Morgan fingerprint density at radius 3 is 2.67 bits per heavy atom. The second-order valence-corrected chi connectivity index (χ2v) is 3.54. The molecule has 0 fully saturated rings. The molecule has 0 unspecified atom stereocenters. The van der Waals surface area contributed by atoms with Crippen LogP contribution in [0.15, 0.2) is 0 Å². The van der Waals surface area contributed by atoms with Crippen LogP contribution in [0, 0.1) is 0 Å². The van der Waals surface area contributed by atoms with Gasteiger partial charge in [0.15, 0.2) is 0 Å². The lowest BCUT2D eigenvalue weighted by Gasteiger charge is -2.08. The third kappa shape index (κ3) is 11.3. The molecule has 1 amide bonds. The highest BCUT2D eigenvalue weighted by molar-refractivity contribution is 5.75. The topological polar surface area (TPSA) is 70.6 Å². The van der Waals surface area contributed by atoms with Crippen LogP contribution in [-0.4, -0.2) is 50.0 Å². The Kier molecular flexibility index (Phi) is 9.46. The van der Waals surface area contributed by atoms with Gasteiger partial charge in [-0.05, 0) is 0 Å². The third-order valence-corrected chi connectivity index (χ3v) is 1.71. The van der Waals surface area contributed by atoms with Crippen LogP contribution in [0.5, 0.6) is 0 Å². The van der Waals surface area contributed by atoms with Gasteiger partial charge in [0.2, 0.25) is 5.91 Å². The van der Waals surface area contributed by atoms with E-state index in [0.717, 1.165) is 0 Å². The number of hydrogen-bond donors (Lipinski definition) is 3. The van der Waals surface area contributed by atoms with Crippen LogP contribution in [0.1, 0.15) is 20.3 Å². The highest BCUT2D eigenvalue weighted by atomic mass is 16.5. The number of carbonyl (C=O) groups is 1. The lowest BCUT2D eigenvalue weighted by atomic mass is 10.3. The van der Waals surface area contributed by atoms with Crippen LogP contribution >= 0.6 is 0 Å². The summed E-state index contributed by atoms with van der Waals surface area (Å²) < 4.78 is 5.00. The summed E-state index contributed by atoms with van der Waals surface area (Å²) in [4.78, 5) is 11.2. The number of ether oxygens (including phenoxy) is 1. The Morgan fingerprint density at radius 2 is 2.07 bits per heavy atom. The van der Waals surface area contributed by atoms with E-state index in [1.165, 1.54) is 0 Å². The Balaban J connectivity index is 3.19. The van der Waals surface area contributed by atoms with Crippen molar-refractivity contribution in [1.29, 1.82) is 0 Å². The Bertz CT molecular complexity index is 163. The molecule has 0 saturated heterocycles. The van der Waals surface area contributed by atoms with Gasteiger partial charge in [0.1, 0.15) is 0 Å². The summed E-state index contributed by atoms with van der Waals surface area (Å²) in [7, 11) is 0. The van der Waals surface area contributed by atoms with Gasteiger partial charge in [-0.15, -0.1) is 0 Å². The molecule has 5 heteroatoms. The second kappa shape index (κ2) is 9.89. The van der Waals surface area contributed by atoms with Gasteiger partial charge in [-0.1, -0.05) is 13.8 Å². The average molecular weight is 218 g/mol. The molecule has 0 heterocycles. The summed E-state index contributed by atoms with van der Waals surface area (Å²) >= 11 is 0. The minimum Gasteiger partial charge on any atom is -0.394 e. The zero-order chi connectivity index (χ0) is 11.5. The largest absolute Gasteiger partial charge is 0.394 e. The summed E-state index contributed by atoms with van der Waals surface area (Å²) in [5.74, 6) is 0.0238. The van der Waals surface area contributed by atoms with E-state index in [-0.39, 0.29) is 12.5 Å². The van der Waals surface area contributed by atoms with Crippen LogP contribution in [0.3, 0.4) is 0 Å². The summed E-state index contributed by atoms with van der Waals surface area (Å²) in [6.07, 6.45) is 0.484. The molecule has 0 rings (SSSR count). The maximum Gasteiger partial charge on any atom is 0.221 e. The first-order chi connectivity index (χ1) is 7.16.